The molecule has 3 N–H and O–H groups in total. The van der Waals surface area contributed by atoms with Crippen LogP contribution in [0, 0.1) is 3.57 Å². The zero-order valence-electron chi connectivity index (χ0n) is 22.4. The van der Waals surface area contributed by atoms with Gasteiger partial charge in [0, 0.05) is 41.7 Å². The first-order valence-corrected chi connectivity index (χ1v) is 15.0. The maximum Gasteiger partial charge on any atom is 0.154 e. The molecular formula is C32H37IN6. The number of nitrogens with one attached hydrogen (secondary N) is 1. The van der Waals surface area contributed by atoms with Crippen LogP contribution in [0.3, 0.4) is 0 Å². The number of halogens is 1. The topological polar surface area (TPSA) is 70.3 Å². The SMILES string of the molecule is NCCCN1CCN(CCCNc2nc(C=Cc3ccc(-c4ccccc4)cc3)nc3ccc(I)cc23)CC1. The number of benzene rings is 3. The lowest BCUT2D eigenvalue weighted by molar-refractivity contribution is 0.132. The molecule has 4 aromatic rings. The van der Waals surface area contributed by atoms with Crippen LogP contribution in [-0.4, -0.2) is 72.1 Å². The molecule has 202 valence electrons. The number of hydrogen-bond donors (Lipinski definition) is 2. The molecule has 3 aromatic carbocycles. The molecule has 0 spiro atoms. The van der Waals surface area contributed by atoms with E-state index in [0.717, 1.165) is 87.5 Å². The smallest absolute Gasteiger partial charge is 0.154 e. The molecule has 1 aliphatic heterocycles. The van der Waals surface area contributed by atoms with Gasteiger partial charge in [-0.1, -0.05) is 60.7 Å². The van der Waals surface area contributed by atoms with Crippen molar-refractivity contribution in [2.45, 2.75) is 12.8 Å². The van der Waals surface area contributed by atoms with E-state index in [1.54, 1.807) is 0 Å². The highest BCUT2D eigenvalue weighted by atomic mass is 127. The van der Waals surface area contributed by atoms with Gasteiger partial charge in [-0.15, -0.1) is 0 Å². The summed E-state index contributed by atoms with van der Waals surface area (Å²) < 4.78 is 1.18. The lowest BCUT2D eigenvalue weighted by Crippen LogP contribution is -2.47. The summed E-state index contributed by atoms with van der Waals surface area (Å²) in [5.74, 6) is 1.62. The number of anilines is 1. The predicted octanol–water partition coefficient (Wildman–Crippen LogP) is 5.84. The van der Waals surface area contributed by atoms with Crippen LogP contribution in [0.15, 0.2) is 72.8 Å². The van der Waals surface area contributed by atoms with Crippen molar-refractivity contribution in [3.8, 4) is 11.1 Å². The van der Waals surface area contributed by atoms with Gasteiger partial charge in [0.05, 0.1) is 5.52 Å². The van der Waals surface area contributed by atoms with E-state index in [1.165, 1.54) is 14.7 Å². The molecule has 1 aromatic heterocycles. The lowest BCUT2D eigenvalue weighted by atomic mass is 10.0. The van der Waals surface area contributed by atoms with Crippen molar-refractivity contribution in [2.75, 3.05) is 57.7 Å². The van der Waals surface area contributed by atoms with Crippen molar-refractivity contribution in [3.05, 3.63) is 87.8 Å². The molecule has 6 nitrogen and oxygen atoms in total. The molecule has 7 heteroatoms. The number of rotatable bonds is 11. The van der Waals surface area contributed by atoms with Crippen molar-refractivity contribution >= 4 is 51.5 Å². The number of piperazine rings is 1. The lowest BCUT2D eigenvalue weighted by Gasteiger charge is -2.34. The first-order chi connectivity index (χ1) is 19.2. The van der Waals surface area contributed by atoms with Gasteiger partial charge in [0.15, 0.2) is 5.82 Å². The summed E-state index contributed by atoms with van der Waals surface area (Å²) in [6.45, 7) is 8.46. The van der Waals surface area contributed by atoms with E-state index in [4.69, 9.17) is 15.7 Å². The summed E-state index contributed by atoms with van der Waals surface area (Å²) in [6.07, 6.45) is 6.26. The molecule has 0 amide bonds. The van der Waals surface area contributed by atoms with Crippen LogP contribution in [0.5, 0.6) is 0 Å². The fraction of sp³-hybridized carbons (Fsp3) is 0.312. The van der Waals surface area contributed by atoms with E-state index in [9.17, 15) is 0 Å². The van der Waals surface area contributed by atoms with Gasteiger partial charge in [-0.25, -0.2) is 9.97 Å². The van der Waals surface area contributed by atoms with Crippen LogP contribution in [0.1, 0.15) is 24.2 Å². The summed E-state index contributed by atoms with van der Waals surface area (Å²) in [4.78, 5) is 14.8. The van der Waals surface area contributed by atoms with Gasteiger partial charge in [-0.05, 0) is 96.0 Å². The van der Waals surface area contributed by atoms with Crippen molar-refractivity contribution in [3.63, 3.8) is 0 Å². The van der Waals surface area contributed by atoms with Crippen LogP contribution >= 0.6 is 22.6 Å². The molecule has 1 aliphatic rings. The Hall–Kier alpha value is -2.85. The zero-order chi connectivity index (χ0) is 26.9. The maximum absolute atomic E-state index is 5.66. The quantitative estimate of drug-likeness (QED) is 0.160. The van der Waals surface area contributed by atoms with E-state index in [0.29, 0.717) is 5.82 Å². The van der Waals surface area contributed by atoms with E-state index in [-0.39, 0.29) is 0 Å². The Balaban J connectivity index is 1.21. The number of nitrogens with zero attached hydrogens (tertiary/aromatic N) is 4. The Morgan fingerprint density at radius 1 is 0.795 bits per heavy atom. The van der Waals surface area contributed by atoms with Gasteiger partial charge < -0.3 is 20.9 Å². The Labute approximate surface area is 245 Å². The Morgan fingerprint density at radius 2 is 1.49 bits per heavy atom. The van der Waals surface area contributed by atoms with Crippen LogP contribution in [0.2, 0.25) is 0 Å². The van der Waals surface area contributed by atoms with Gasteiger partial charge >= 0.3 is 0 Å². The molecule has 0 aliphatic carbocycles. The third-order valence-electron chi connectivity index (χ3n) is 7.20. The fourth-order valence-electron chi connectivity index (χ4n) is 4.98. The maximum atomic E-state index is 5.66. The van der Waals surface area contributed by atoms with E-state index in [2.05, 4.69) is 111 Å². The fourth-order valence-corrected chi connectivity index (χ4v) is 5.47. The van der Waals surface area contributed by atoms with Crippen molar-refractivity contribution < 1.29 is 0 Å². The Bertz CT molecular complexity index is 1370. The van der Waals surface area contributed by atoms with E-state index >= 15 is 0 Å². The molecule has 0 saturated carbocycles. The molecule has 0 unspecified atom stereocenters. The monoisotopic (exact) mass is 632 g/mol. The molecule has 1 saturated heterocycles. The molecule has 39 heavy (non-hydrogen) atoms. The summed E-state index contributed by atoms with van der Waals surface area (Å²) in [5.41, 5.74) is 10.2. The van der Waals surface area contributed by atoms with Gasteiger partial charge in [-0.3, -0.25) is 0 Å². The van der Waals surface area contributed by atoms with Crippen molar-refractivity contribution in [1.82, 2.24) is 19.8 Å². The van der Waals surface area contributed by atoms with Crippen LogP contribution in [0.4, 0.5) is 5.82 Å². The molecule has 5 rings (SSSR count). The molecule has 2 heterocycles. The van der Waals surface area contributed by atoms with Crippen molar-refractivity contribution in [1.29, 1.82) is 0 Å². The van der Waals surface area contributed by atoms with Crippen molar-refractivity contribution in [2.24, 2.45) is 5.73 Å². The summed E-state index contributed by atoms with van der Waals surface area (Å²) in [6, 6.07) is 25.4. The first kappa shape index (κ1) is 27.7. The standard InChI is InChI=1S/C32H37IN6/c33-28-13-14-30-29(24-28)32(35-17-5-19-39-22-20-38(21-23-39)18-4-16-34)37-31(36-30)15-10-25-8-11-27(12-9-25)26-6-2-1-3-7-26/h1-3,6-15,24H,4-5,16-23,34H2,(H,35,36,37). The average Bonchev–Trinajstić information content (AvgIpc) is 2.98. The number of hydrogen-bond acceptors (Lipinski definition) is 6. The van der Waals surface area contributed by atoms with Crippen LogP contribution in [0.25, 0.3) is 34.2 Å². The highest BCUT2D eigenvalue weighted by molar-refractivity contribution is 14.1. The molecular weight excluding hydrogens is 595 g/mol. The Morgan fingerprint density at radius 3 is 2.21 bits per heavy atom. The third-order valence-corrected chi connectivity index (χ3v) is 7.88. The van der Waals surface area contributed by atoms with E-state index in [1.807, 2.05) is 12.1 Å². The minimum Gasteiger partial charge on any atom is -0.369 e. The Kier molecular flexibility index (Phi) is 9.93. The summed E-state index contributed by atoms with van der Waals surface area (Å²) in [5, 5.41) is 4.69. The first-order valence-electron chi connectivity index (χ1n) is 13.9. The zero-order valence-corrected chi connectivity index (χ0v) is 24.6. The minimum atomic E-state index is 0.715. The largest absolute Gasteiger partial charge is 0.369 e. The number of nitrogens with two attached hydrogens (primary N) is 1. The molecule has 0 bridgehead atoms. The highest BCUT2D eigenvalue weighted by Gasteiger charge is 2.16. The summed E-state index contributed by atoms with van der Waals surface area (Å²) >= 11 is 2.35. The van der Waals surface area contributed by atoms with Gasteiger partial charge in [-0.2, -0.15) is 0 Å². The van der Waals surface area contributed by atoms with Crippen LogP contribution < -0.4 is 11.1 Å². The number of aromatic nitrogens is 2. The number of fused-ring (bicyclic) bond motifs is 1. The average molecular weight is 633 g/mol. The second-order valence-electron chi connectivity index (χ2n) is 10.0. The van der Waals surface area contributed by atoms with Gasteiger partial charge in [0.2, 0.25) is 0 Å². The van der Waals surface area contributed by atoms with Gasteiger partial charge in [0.1, 0.15) is 5.82 Å². The molecule has 1 fully saturated rings. The summed E-state index contributed by atoms with van der Waals surface area (Å²) in [7, 11) is 0. The normalized spacial score (nSPS) is 14.8. The minimum absolute atomic E-state index is 0.715. The van der Waals surface area contributed by atoms with E-state index < -0.39 is 0 Å². The predicted molar refractivity (Wildman–Crippen MR) is 173 cm³/mol. The molecule has 0 radical (unpaired) electrons. The second-order valence-corrected chi connectivity index (χ2v) is 11.3. The van der Waals surface area contributed by atoms with Crippen LogP contribution in [-0.2, 0) is 0 Å². The molecule has 0 atom stereocenters. The third kappa shape index (κ3) is 7.85. The van der Waals surface area contributed by atoms with Gasteiger partial charge in [0.25, 0.3) is 0 Å². The highest BCUT2D eigenvalue weighted by Crippen LogP contribution is 2.24. The second kappa shape index (κ2) is 14.0.